The summed E-state index contributed by atoms with van der Waals surface area (Å²) < 4.78 is 0. The summed E-state index contributed by atoms with van der Waals surface area (Å²) in [5.74, 6) is 2.70. The molecule has 90 valence electrons. The summed E-state index contributed by atoms with van der Waals surface area (Å²) in [6, 6.07) is 0. The number of rotatable bonds is 1. The van der Waals surface area contributed by atoms with E-state index in [2.05, 4.69) is 18.7 Å². The first-order chi connectivity index (χ1) is 7.55. The Hall–Kier alpha value is -0.530. The lowest BCUT2D eigenvalue weighted by atomic mass is 9.83. The van der Waals surface area contributed by atoms with E-state index in [1.807, 2.05) is 0 Å². The molecule has 0 aromatic rings. The summed E-state index contributed by atoms with van der Waals surface area (Å²) in [5, 5.41) is 0. The van der Waals surface area contributed by atoms with Gasteiger partial charge in [0.25, 0.3) is 0 Å². The highest BCUT2D eigenvalue weighted by atomic mass is 16.2. The zero-order valence-electron chi connectivity index (χ0n) is 10.5. The van der Waals surface area contributed by atoms with E-state index in [4.69, 9.17) is 0 Å². The molecule has 0 aromatic carbocycles. The Kier molecular flexibility index (Phi) is 2.31. The first-order valence-corrected chi connectivity index (χ1v) is 6.84. The van der Waals surface area contributed by atoms with Crippen LogP contribution in [-0.2, 0) is 4.79 Å². The summed E-state index contributed by atoms with van der Waals surface area (Å²) in [6.45, 7) is 6.57. The Morgan fingerprint density at radius 3 is 2.50 bits per heavy atom. The van der Waals surface area contributed by atoms with Gasteiger partial charge >= 0.3 is 0 Å². The highest BCUT2D eigenvalue weighted by Gasteiger charge is 2.49. The van der Waals surface area contributed by atoms with Crippen LogP contribution in [0.1, 0.15) is 46.0 Å². The lowest BCUT2D eigenvalue weighted by Crippen LogP contribution is -2.45. The molecule has 2 unspecified atom stereocenters. The number of carbonyl (C=O) groups is 1. The third kappa shape index (κ3) is 1.87. The number of fused-ring (bicyclic) bond motifs is 1. The molecule has 0 radical (unpaired) electrons. The van der Waals surface area contributed by atoms with Gasteiger partial charge in [0, 0.05) is 19.0 Å². The summed E-state index contributed by atoms with van der Waals surface area (Å²) in [7, 11) is 0. The van der Waals surface area contributed by atoms with Crippen LogP contribution in [0.2, 0.25) is 0 Å². The Morgan fingerprint density at radius 2 is 1.88 bits per heavy atom. The highest BCUT2D eigenvalue weighted by molar-refractivity contribution is 5.79. The van der Waals surface area contributed by atoms with Crippen LogP contribution >= 0.6 is 0 Å². The molecule has 2 atom stereocenters. The number of piperidine rings is 1. The number of amides is 1. The molecule has 1 aliphatic heterocycles. The van der Waals surface area contributed by atoms with Crippen molar-refractivity contribution in [2.45, 2.75) is 46.0 Å². The van der Waals surface area contributed by atoms with Gasteiger partial charge in [-0.05, 0) is 49.4 Å². The summed E-state index contributed by atoms with van der Waals surface area (Å²) in [6.07, 6.45) is 6.27. The van der Waals surface area contributed by atoms with Crippen molar-refractivity contribution in [2.24, 2.45) is 23.2 Å². The van der Waals surface area contributed by atoms with Gasteiger partial charge in [-0.1, -0.05) is 13.8 Å². The van der Waals surface area contributed by atoms with Crippen LogP contribution < -0.4 is 0 Å². The van der Waals surface area contributed by atoms with E-state index in [0.29, 0.717) is 17.2 Å². The third-order valence-electron chi connectivity index (χ3n) is 4.80. The predicted molar refractivity (Wildman–Crippen MR) is 63.9 cm³/mol. The molecular formula is C14H23NO. The van der Waals surface area contributed by atoms with Crippen molar-refractivity contribution in [1.82, 2.24) is 4.90 Å². The molecule has 2 aliphatic carbocycles. The molecule has 3 aliphatic rings. The monoisotopic (exact) mass is 221 g/mol. The molecule has 0 bridgehead atoms. The standard InChI is InChI=1S/C14H23NO/c1-14(2)4-3-5-15(9-14)13(16)12-7-10-6-11(10)8-12/h10-12H,3-9H2,1-2H3. The zero-order valence-corrected chi connectivity index (χ0v) is 10.5. The quantitative estimate of drug-likeness (QED) is 0.666. The van der Waals surface area contributed by atoms with Gasteiger partial charge in [-0.3, -0.25) is 4.79 Å². The van der Waals surface area contributed by atoms with Gasteiger partial charge in [-0.25, -0.2) is 0 Å². The second-order valence-corrected chi connectivity index (χ2v) is 6.95. The molecule has 1 heterocycles. The van der Waals surface area contributed by atoms with Crippen molar-refractivity contribution in [2.75, 3.05) is 13.1 Å². The minimum absolute atomic E-state index is 0.343. The second-order valence-electron chi connectivity index (χ2n) is 6.95. The molecule has 3 fully saturated rings. The van der Waals surface area contributed by atoms with E-state index in [9.17, 15) is 4.79 Å². The molecule has 2 saturated carbocycles. The number of likely N-dealkylation sites (tertiary alicyclic amines) is 1. The van der Waals surface area contributed by atoms with Crippen molar-refractivity contribution in [3.05, 3.63) is 0 Å². The smallest absolute Gasteiger partial charge is 0.225 e. The Labute approximate surface area is 98.4 Å². The Bertz CT molecular complexity index is 300. The molecule has 1 amide bonds. The average molecular weight is 221 g/mol. The number of hydrogen-bond donors (Lipinski definition) is 0. The van der Waals surface area contributed by atoms with Crippen molar-refractivity contribution < 1.29 is 4.79 Å². The molecule has 2 heteroatoms. The summed E-state index contributed by atoms with van der Waals surface area (Å²) in [5.41, 5.74) is 0.343. The Morgan fingerprint density at radius 1 is 1.19 bits per heavy atom. The van der Waals surface area contributed by atoms with Crippen LogP contribution in [0.25, 0.3) is 0 Å². The minimum atomic E-state index is 0.343. The molecule has 0 N–H and O–H groups in total. The van der Waals surface area contributed by atoms with Gasteiger partial charge < -0.3 is 4.90 Å². The average Bonchev–Trinajstić information content (AvgIpc) is 2.83. The van der Waals surface area contributed by atoms with Crippen LogP contribution in [0, 0.1) is 23.2 Å². The maximum atomic E-state index is 12.4. The Balaban J connectivity index is 1.61. The van der Waals surface area contributed by atoms with Crippen molar-refractivity contribution in [3.8, 4) is 0 Å². The fourth-order valence-electron chi connectivity index (χ4n) is 3.79. The van der Waals surface area contributed by atoms with E-state index < -0.39 is 0 Å². The maximum absolute atomic E-state index is 12.4. The normalized spacial score (nSPS) is 40.6. The SMILES string of the molecule is CC1(C)CCCN(C(=O)C2CC3CC3C2)C1. The van der Waals surface area contributed by atoms with E-state index in [-0.39, 0.29) is 0 Å². The van der Waals surface area contributed by atoms with E-state index in [1.54, 1.807) is 0 Å². The first kappa shape index (κ1) is 10.6. The van der Waals surface area contributed by atoms with Crippen molar-refractivity contribution >= 4 is 5.91 Å². The van der Waals surface area contributed by atoms with Gasteiger partial charge in [-0.2, -0.15) is 0 Å². The lowest BCUT2D eigenvalue weighted by Gasteiger charge is -2.39. The fraction of sp³-hybridized carbons (Fsp3) is 0.929. The van der Waals surface area contributed by atoms with Crippen LogP contribution in [-0.4, -0.2) is 23.9 Å². The van der Waals surface area contributed by atoms with Crippen LogP contribution in [0.3, 0.4) is 0 Å². The number of nitrogens with zero attached hydrogens (tertiary/aromatic N) is 1. The first-order valence-electron chi connectivity index (χ1n) is 6.84. The minimum Gasteiger partial charge on any atom is -0.342 e. The maximum Gasteiger partial charge on any atom is 0.225 e. The van der Waals surface area contributed by atoms with E-state index >= 15 is 0 Å². The zero-order chi connectivity index (χ0) is 11.3. The molecule has 16 heavy (non-hydrogen) atoms. The number of carbonyl (C=O) groups excluding carboxylic acids is 1. The second kappa shape index (κ2) is 3.48. The number of hydrogen-bond acceptors (Lipinski definition) is 1. The van der Waals surface area contributed by atoms with Crippen LogP contribution in [0.15, 0.2) is 0 Å². The molecular weight excluding hydrogens is 198 g/mol. The molecule has 0 aromatic heterocycles. The summed E-state index contributed by atoms with van der Waals surface area (Å²) >= 11 is 0. The molecule has 1 saturated heterocycles. The molecule has 2 nitrogen and oxygen atoms in total. The van der Waals surface area contributed by atoms with Crippen molar-refractivity contribution in [1.29, 1.82) is 0 Å². The van der Waals surface area contributed by atoms with Gasteiger partial charge in [0.1, 0.15) is 0 Å². The largest absolute Gasteiger partial charge is 0.342 e. The fourth-order valence-corrected chi connectivity index (χ4v) is 3.79. The van der Waals surface area contributed by atoms with E-state index in [1.165, 1.54) is 32.1 Å². The van der Waals surface area contributed by atoms with Gasteiger partial charge in [0.15, 0.2) is 0 Å². The third-order valence-corrected chi connectivity index (χ3v) is 4.80. The molecule has 3 rings (SSSR count). The van der Waals surface area contributed by atoms with Crippen molar-refractivity contribution in [3.63, 3.8) is 0 Å². The van der Waals surface area contributed by atoms with Gasteiger partial charge in [0.2, 0.25) is 5.91 Å². The summed E-state index contributed by atoms with van der Waals surface area (Å²) in [4.78, 5) is 14.5. The predicted octanol–water partition coefficient (Wildman–Crippen LogP) is 2.68. The van der Waals surface area contributed by atoms with Crippen LogP contribution in [0.5, 0.6) is 0 Å². The lowest BCUT2D eigenvalue weighted by molar-refractivity contribution is -0.138. The van der Waals surface area contributed by atoms with E-state index in [0.717, 1.165) is 24.9 Å². The molecule has 0 spiro atoms. The topological polar surface area (TPSA) is 20.3 Å². The van der Waals surface area contributed by atoms with Gasteiger partial charge in [0.05, 0.1) is 0 Å². The van der Waals surface area contributed by atoms with Crippen LogP contribution in [0.4, 0.5) is 0 Å². The van der Waals surface area contributed by atoms with Gasteiger partial charge in [-0.15, -0.1) is 0 Å². The highest BCUT2D eigenvalue weighted by Crippen LogP contribution is 2.54.